The minimum Gasteiger partial charge on any atom is -0.381 e. The molecule has 0 atom stereocenters. The smallest absolute Gasteiger partial charge is 0.250 e. The van der Waals surface area contributed by atoms with Gasteiger partial charge in [0.25, 0.3) is 0 Å². The predicted molar refractivity (Wildman–Crippen MR) is 409 cm³/mol. The molecule has 1 fully saturated rings. The van der Waals surface area contributed by atoms with Crippen LogP contribution in [0.25, 0.3) is 44.7 Å². The van der Waals surface area contributed by atoms with Crippen molar-refractivity contribution in [2.45, 2.75) is 67.2 Å². The number of ether oxygens (including phenoxy) is 1. The van der Waals surface area contributed by atoms with Crippen molar-refractivity contribution in [3.05, 3.63) is 238 Å². The molecule has 97 heavy (non-hydrogen) atoms. The number of nitrogens with one attached hydrogen (secondary N) is 3. The molecule has 1 aliphatic rings. The zero-order valence-corrected chi connectivity index (χ0v) is 59.0. The van der Waals surface area contributed by atoms with Crippen molar-refractivity contribution < 1.29 is 14.3 Å². The highest BCUT2D eigenvalue weighted by molar-refractivity contribution is 9.10. The van der Waals surface area contributed by atoms with E-state index in [4.69, 9.17) is 27.9 Å². The highest BCUT2D eigenvalue weighted by Gasteiger charge is 2.17. The average Bonchev–Trinajstić information content (AvgIpc) is 1.69. The van der Waals surface area contributed by atoms with E-state index >= 15 is 0 Å². The number of hydrogen-bond acceptors (Lipinski definition) is 16. The van der Waals surface area contributed by atoms with Crippen LogP contribution in [-0.4, -0.2) is 125 Å². The fourth-order valence-corrected chi connectivity index (χ4v) is 10.3. The zero-order valence-electron chi connectivity index (χ0n) is 54.3. The summed E-state index contributed by atoms with van der Waals surface area (Å²) in [6.07, 6.45) is 12.9. The molecule has 1 aliphatic heterocycles. The third kappa shape index (κ3) is 23.3. The summed E-state index contributed by atoms with van der Waals surface area (Å²) in [4.78, 5) is 58.0. The number of rotatable bonds is 15. The fourth-order valence-electron chi connectivity index (χ4n) is 9.39. The van der Waals surface area contributed by atoms with E-state index in [2.05, 4.69) is 195 Å². The van der Waals surface area contributed by atoms with E-state index in [1.807, 2.05) is 115 Å². The summed E-state index contributed by atoms with van der Waals surface area (Å²) in [6, 6.07) is 49.1. The van der Waals surface area contributed by atoms with E-state index in [9.17, 15) is 9.59 Å². The van der Waals surface area contributed by atoms with Crippen molar-refractivity contribution in [1.82, 2.24) is 58.1 Å². The molecule has 4 aromatic carbocycles. The van der Waals surface area contributed by atoms with Gasteiger partial charge in [0.2, 0.25) is 34.3 Å². The van der Waals surface area contributed by atoms with E-state index in [1.165, 1.54) is 60.2 Å². The number of benzene rings is 4. The second-order valence-corrected chi connectivity index (χ2v) is 22.8. The summed E-state index contributed by atoms with van der Waals surface area (Å²) in [7, 11) is 10.3. The molecule has 0 spiro atoms. The molecule has 0 aliphatic carbocycles. The van der Waals surface area contributed by atoms with Gasteiger partial charge in [-0.05, 0) is 153 Å². The summed E-state index contributed by atoms with van der Waals surface area (Å²) in [6.45, 7) is 13.7. The zero-order chi connectivity index (χ0) is 68.7. The molecule has 12 aromatic rings. The van der Waals surface area contributed by atoms with Crippen LogP contribution in [0.1, 0.15) is 62.4 Å². The monoisotopic (exact) mass is 1480 g/mol. The lowest BCUT2D eigenvalue weighted by atomic mass is 10.2. The molecule has 21 nitrogen and oxygen atoms in total. The summed E-state index contributed by atoms with van der Waals surface area (Å²) in [5, 5.41) is 9.33. The van der Waals surface area contributed by atoms with Gasteiger partial charge in [-0.3, -0.25) is 9.59 Å². The lowest BCUT2D eigenvalue weighted by Gasteiger charge is -2.15. The minimum atomic E-state index is -0.509. The van der Waals surface area contributed by atoms with Gasteiger partial charge in [-0.25, -0.2) is 19.9 Å². The van der Waals surface area contributed by atoms with E-state index in [-0.39, 0.29) is 20.8 Å². The van der Waals surface area contributed by atoms with Crippen molar-refractivity contribution in [3.8, 4) is 0 Å². The Labute approximate surface area is 595 Å². The second kappa shape index (κ2) is 42.4. The average molecular weight is 1480 g/mol. The van der Waals surface area contributed by atoms with Crippen LogP contribution in [0, 0.1) is 0 Å². The Balaban J connectivity index is 0.000000257. The molecule has 8 aromatic heterocycles. The number of imidazole rings is 4. The molecule has 512 valence electrons. The lowest BCUT2D eigenvalue weighted by Crippen LogP contribution is -2.23. The minimum absolute atomic E-state index is 0. The van der Waals surface area contributed by atoms with Crippen LogP contribution in [-0.2, 0) is 46.9 Å². The summed E-state index contributed by atoms with van der Waals surface area (Å²) in [5.74, 6) is 2.23. The van der Waals surface area contributed by atoms with Crippen molar-refractivity contribution in [1.29, 1.82) is 0 Å². The first kappa shape index (κ1) is 80.2. The molecule has 0 bridgehead atoms. The molecule has 9 heterocycles. The van der Waals surface area contributed by atoms with Gasteiger partial charge >= 0.3 is 0 Å². The number of halogens is 4. The maximum atomic E-state index is 11.8. The highest BCUT2D eigenvalue weighted by atomic mass is 79.9. The molecule has 0 radical (unpaired) electrons. The number of nitrogens with zero attached hydrogens (tertiary/aromatic N) is 13. The number of pyridine rings is 4. The summed E-state index contributed by atoms with van der Waals surface area (Å²) < 4.78 is 15.1. The number of fused-ring (bicyclic) bond motifs is 4. The summed E-state index contributed by atoms with van der Waals surface area (Å²) in [5.41, 5.74) is 22.5. The van der Waals surface area contributed by atoms with E-state index in [0.717, 1.165) is 105 Å². The third-order valence-electron chi connectivity index (χ3n) is 14.0. The molecular formula is C72H88Br2Cl2N18O3. The van der Waals surface area contributed by atoms with Crippen LogP contribution in [0.2, 0.25) is 5.28 Å². The van der Waals surface area contributed by atoms with E-state index in [1.54, 1.807) is 25.6 Å². The van der Waals surface area contributed by atoms with Crippen molar-refractivity contribution in [2.75, 3.05) is 76.4 Å². The predicted octanol–water partition coefficient (Wildman–Crippen LogP) is 15.1. The molecule has 1 saturated heterocycles. The van der Waals surface area contributed by atoms with Crippen LogP contribution in [0.15, 0.2) is 205 Å². The van der Waals surface area contributed by atoms with Crippen LogP contribution < -0.4 is 32.3 Å². The second-order valence-electron chi connectivity index (χ2n) is 20.2. The number of allylic oxidation sites excluding steroid dienone is 1. The number of likely N-dealkylation sites (N-methyl/N-ethyl adjacent to an activating group) is 1. The quantitative estimate of drug-likeness (QED) is 0.0472. The van der Waals surface area contributed by atoms with Crippen LogP contribution in [0.3, 0.4) is 0 Å². The SMILES string of the molecule is C.C.C1CCOC1.C=CC(=O)Cl.C=CC(=O)N(C)c1cnc2nc(NC)n(Cc3ccccc3)c2c1.CCc1cnc2nc(NC)n(Cc3ccccc3)c2c1.CN.CN.CNc1nc2ncc(Br)cc2n1Cc1ccccc1.Clc1nc2ncc(Br)cc2n1Cc1ccccc1. The highest BCUT2D eigenvalue weighted by Crippen LogP contribution is 2.27. The van der Waals surface area contributed by atoms with Crippen molar-refractivity contribution in [3.63, 3.8) is 0 Å². The number of nitrogens with two attached hydrogens (primary N) is 2. The normalized spacial score (nSPS) is 10.7. The molecule has 13 rings (SSSR count). The van der Waals surface area contributed by atoms with Gasteiger partial charge in [0, 0.05) is 68.9 Å². The Morgan fingerprint density at radius 3 is 1.20 bits per heavy atom. The first-order chi connectivity index (χ1) is 46.2. The van der Waals surface area contributed by atoms with Gasteiger partial charge < -0.3 is 55.3 Å². The number of aryl methyl sites for hydroxylation is 1. The number of aromatic nitrogens is 12. The van der Waals surface area contributed by atoms with Gasteiger partial charge in [-0.2, -0.15) is 19.9 Å². The lowest BCUT2D eigenvalue weighted by molar-refractivity contribution is -0.114. The Morgan fingerprint density at radius 2 is 0.856 bits per heavy atom. The Hall–Kier alpha value is -9.20. The van der Waals surface area contributed by atoms with E-state index in [0.29, 0.717) is 35.4 Å². The van der Waals surface area contributed by atoms with Crippen molar-refractivity contribution in [2.24, 2.45) is 11.5 Å². The third-order valence-corrected chi connectivity index (χ3v) is 15.4. The molecule has 1 amide bonds. The number of carbonyl (C=O) groups is 2. The Kier molecular flexibility index (Phi) is 35.1. The first-order valence-corrected chi connectivity index (χ1v) is 32.6. The van der Waals surface area contributed by atoms with Gasteiger partial charge in [-0.1, -0.05) is 156 Å². The number of amides is 1. The van der Waals surface area contributed by atoms with Gasteiger partial charge in [-0.15, -0.1) is 0 Å². The van der Waals surface area contributed by atoms with Gasteiger partial charge in [0.1, 0.15) is 0 Å². The topological polar surface area (TPSA) is 258 Å². The van der Waals surface area contributed by atoms with Crippen LogP contribution in [0.4, 0.5) is 23.5 Å². The van der Waals surface area contributed by atoms with Gasteiger partial charge in [0.05, 0.1) is 60.1 Å². The molecule has 0 unspecified atom stereocenters. The molecular weight excluding hydrogens is 1400 g/mol. The fraction of sp³-hybridized carbons (Fsp3) is 0.250. The number of hydrogen-bond donors (Lipinski definition) is 5. The largest absolute Gasteiger partial charge is 0.381 e. The van der Waals surface area contributed by atoms with Gasteiger partial charge in [0.15, 0.2) is 22.6 Å². The summed E-state index contributed by atoms with van der Waals surface area (Å²) >= 11 is 17.7. The Bertz CT molecular complexity index is 4330. The number of carbonyl (C=O) groups excluding carboxylic acids is 2. The Morgan fingerprint density at radius 1 is 0.526 bits per heavy atom. The molecule has 0 saturated carbocycles. The molecule has 25 heteroatoms. The van der Waals surface area contributed by atoms with Crippen LogP contribution in [0.5, 0.6) is 0 Å². The maximum Gasteiger partial charge on any atom is 0.250 e. The molecule has 7 N–H and O–H groups in total. The first-order valence-electron chi connectivity index (χ1n) is 30.3. The van der Waals surface area contributed by atoms with Crippen molar-refractivity contribution >= 4 is 134 Å². The maximum absolute atomic E-state index is 11.8. The van der Waals surface area contributed by atoms with E-state index < -0.39 is 5.24 Å². The van der Waals surface area contributed by atoms with Crippen LogP contribution >= 0.6 is 55.1 Å². The number of anilines is 4. The standard InChI is InChI=1S/C18H19N5O.C16H18N4.C14H13BrN4.C13H9BrClN3.C4H8O.C3H3ClO.2CH5N.2CH4/c1-4-16(24)22(3)14-10-15-17(20-11-14)21-18(19-2)23(15)12-13-8-6-5-7-9-13;1-3-12-9-14-15(18-10-12)19-16(17-2)20(14)11-13-7-5-4-6-8-13;1-16-14-18-13-12(7-11(15)8-17-13)19(14)9-10-5-3-2-4-6-10;14-10-6-11-12(16-7-10)17-13(15)18(11)8-9-4-2-1-3-5-9;1-2-4-5-3-1;1-2-3(4)5;2*1-2;;/h4-11H,1,12H2,2-3H3,(H,19,20,21);4-10H,3,11H2,1-2H3,(H,17,18,19);2-8H,9H2,1H3,(H,16,17,18);1-7H,8H2;1-4H2;2H,1H2;2*2H2,1H3;2*1H4.